The lowest BCUT2D eigenvalue weighted by Crippen LogP contribution is -2.12. The zero-order valence-corrected chi connectivity index (χ0v) is 18.2. The van der Waals surface area contributed by atoms with Crippen molar-refractivity contribution in [3.05, 3.63) is 57.5 Å². The Morgan fingerprint density at radius 2 is 1.82 bits per heavy atom. The predicted molar refractivity (Wildman–Crippen MR) is 115 cm³/mol. The summed E-state index contributed by atoms with van der Waals surface area (Å²) in [5.74, 6) is -2.71. The van der Waals surface area contributed by atoms with E-state index in [0.29, 0.717) is 0 Å². The Balaban J connectivity index is 1.89. The smallest absolute Gasteiger partial charge is 0.271 e. The highest BCUT2D eigenvalue weighted by Crippen LogP contribution is 2.36. The van der Waals surface area contributed by atoms with Gasteiger partial charge in [0.25, 0.3) is 10.8 Å². The van der Waals surface area contributed by atoms with Crippen LogP contribution >= 0.6 is 11.6 Å². The lowest BCUT2D eigenvalue weighted by molar-refractivity contribution is -0.384. The number of aromatic hydroxyl groups is 2. The quantitative estimate of drug-likeness (QED) is 0.139. The fourth-order valence-electron chi connectivity index (χ4n) is 2.39. The third-order valence-corrected chi connectivity index (χ3v) is 5.96. The fraction of sp³-hybridized carbons (Fsp3) is 0.111. The second-order valence-corrected chi connectivity index (χ2v) is 8.87. The number of nitrogens with one attached hydrogen (secondary N) is 1. The molecule has 0 aliphatic rings. The number of sulfone groups is 1. The van der Waals surface area contributed by atoms with Gasteiger partial charge in [-0.2, -0.15) is 14.4 Å². The van der Waals surface area contributed by atoms with Crippen LogP contribution < -0.4 is 5.32 Å². The summed E-state index contributed by atoms with van der Waals surface area (Å²) in [4.78, 5) is 17.2. The zero-order valence-electron chi connectivity index (χ0n) is 16.6. The Bertz CT molecular complexity index is 1390. The number of nitro benzene ring substituents is 1. The monoisotopic (exact) mass is 496 g/mol. The van der Waals surface area contributed by atoms with Gasteiger partial charge in [0.05, 0.1) is 10.7 Å². The average molecular weight is 497 g/mol. The van der Waals surface area contributed by atoms with Crippen LogP contribution in [-0.4, -0.2) is 39.3 Å². The molecule has 1 aromatic heterocycles. The number of aromatic nitrogens is 2. The first-order valence-electron chi connectivity index (χ1n) is 8.96. The fourth-order valence-corrected chi connectivity index (χ4v) is 3.23. The molecule has 0 saturated carbocycles. The van der Waals surface area contributed by atoms with Crippen molar-refractivity contribution in [3.8, 4) is 11.5 Å². The number of benzene rings is 2. The largest absolute Gasteiger partial charge is 0.506 e. The topological polar surface area (TPSA) is 180 Å². The van der Waals surface area contributed by atoms with Crippen LogP contribution in [0.5, 0.6) is 11.5 Å². The first-order chi connectivity index (χ1) is 15.5. The molecule has 0 fully saturated rings. The molecule has 0 saturated heterocycles. The number of halogens is 2. The van der Waals surface area contributed by atoms with Gasteiger partial charge in [-0.05, 0) is 18.2 Å². The molecular weight excluding hydrogens is 483 g/mol. The van der Waals surface area contributed by atoms with Crippen molar-refractivity contribution in [1.82, 2.24) is 9.97 Å². The molecule has 12 nitrogen and oxygen atoms in total. The highest BCUT2D eigenvalue weighted by atomic mass is 35.5. The van der Waals surface area contributed by atoms with Crippen LogP contribution in [0.4, 0.5) is 33.0 Å². The van der Waals surface area contributed by atoms with E-state index in [-0.39, 0.29) is 40.1 Å². The normalized spacial score (nSPS) is 11.6. The summed E-state index contributed by atoms with van der Waals surface area (Å²) in [5.41, 5.74) is -0.437. The van der Waals surface area contributed by atoms with E-state index in [9.17, 15) is 33.1 Å². The van der Waals surface area contributed by atoms with Crippen molar-refractivity contribution in [1.29, 1.82) is 0 Å². The molecule has 1 heterocycles. The molecule has 15 heteroatoms. The summed E-state index contributed by atoms with van der Waals surface area (Å²) in [6.07, 6.45) is 0. The summed E-state index contributed by atoms with van der Waals surface area (Å²) in [6, 6.07) is 6.96. The lowest BCUT2D eigenvalue weighted by Gasteiger charge is -2.10. The van der Waals surface area contributed by atoms with Gasteiger partial charge in [0, 0.05) is 23.9 Å². The van der Waals surface area contributed by atoms with E-state index in [1.165, 1.54) is 19.1 Å². The van der Waals surface area contributed by atoms with Gasteiger partial charge in [-0.3, -0.25) is 10.1 Å². The van der Waals surface area contributed by atoms with Crippen molar-refractivity contribution in [2.75, 3.05) is 11.1 Å². The second kappa shape index (κ2) is 9.30. The third kappa shape index (κ3) is 5.30. The summed E-state index contributed by atoms with van der Waals surface area (Å²) in [6.45, 7) is 1.34. The van der Waals surface area contributed by atoms with Crippen molar-refractivity contribution in [3.63, 3.8) is 0 Å². The number of phenols is 2. The molecular formula is C18H14ClFN6O6S. The number of nitro groups is 1. The van der Waals surface area contributed by atoms with Gasteiger partial charge in [-0.25, -0.2) is 8.42 Å². The van der Waals surface area contributed by atoms with Gasteiger partial charge in [-0.15, -0.1) is 10.2 Å². The van der Waals surface area contributed by atoms with E-state index in [2.05, 4.69) is 25.5 Å². The van der Waals surface area contributed by atoms with Crippen LogP contribution in [0.3, 0.4) is 0 Å². The number of azo groups is 1. The molecule has 172 valence electrons. The maximum atomic E-state index is 14.0. The Morgan fingerprint density at radius 3 is 2.45 bits per heavy atom. The van der Waals surface area contributed by atoms with E-state index in [4.69, 9.17) is 11.6 Å². The van der Waals surface area contributed by atoms with E-state index in [1.54, 1.807) is 0 Å². The van der Waals surface area contributed by atoms with Crippen LogP contribution in [-0.2, 0) is 9.84 Å². The molecule has 0 atom stereocenters. The molecule has 0 aliphatic heterocycles. The predicted octanol–water partition coefficient (Wildman–Crippen LogP) is 4.54. The molecule has 0 bridgehead atoms. The van der Waals surface area contributed by atoms with Gasteiger partial charge in [-0.1, -0.05) is 18.5 Å². The van der Waals surface area contributed by atoms with Gasteiger partial charge in [0.1, 0.15) is 27.9 Å². The standard InChI is InChI=1S/C18H14ClFN6O6S/c1-2-33(31,32)18-22-16(20)15(19)17(23-18)21-9-3-5-11(14(28)7-9)24-25-12-8-10(26(29)30)4-6-13(12)27/h3-8,27-28H,2H2,1H3,(H,21,22,23). The lowest BCUT2D eigenvalue weighted by atomic mass is 10.2. The number of nitrogens with zero attached hydrogens (tertiary/aromatic N) is 5. The first kappa shape index (κ1) is 23.7. The highest BCUT2D eigenvalue weighted by molar-refractivity contribution is 7.91. The van der Waals surface area contributed by atoms with Crippen molar-refractivity contribution in [2.24, 2.45) is 10.2 Å². The Morgan fingerprint density at radius 1 is 1.12 bits per heavy atom. The molecule has 0 unspecified atom stereocenters. The Labute approximate surface area is 190 Å². The number of hydrogen-bond acceptors (Lipinski definition) is 11. The van der Waals surface area contributed by atoms with E-state index in [0.717, 1.165) is 24.3 Å². The van der Waals surface area contributed by atoms with Gasteiger partial charge in [0.15, 0.2) is 5.82 Å². The summed E-state index contributed by atoms with van der Waals surface area (Å²) in [5, 5.41) is 39.5. The molecule has 0 radical (unpaired) electrons. The number of rotatable bonds is 7. The molecule has 2 aromatic carbocycles. The minimum absolute atomic E-state index is 0.0688. The first-order valence-corrected chi connectivity index (χ1v) is 11.0. The summed E-state index contributed by atoms with van der Waals surface area (Å²) in [7, 11) is -3.91. The second-order valence-electron chi connectivity index (χ2n) is 6.32. The molecule has 0 aliphatic carbocycles. The van der Waals surface area contributed by atoms with Crippen LogP contribution in [0.1, 0.15) is 6.92 Å². The summed E-state index contributed by atoms with van der Waals surface area (Å²) < 4.78 is 37.9. The number of non-ortho nitro benzene ring substituents is 1. The van der Waals surface area contributed by atoms with Crippen molar-refractivity contribution < 1.29 is 27.9 Å². The van der Waals surface area contributed by atoms with Crippen LogP contribution in [0.25, 0.3) is 0 Å². The maximum Gasteiger partial charge on any atom is 0.271 e. The Kier molecular flexibility index (Phi) is 6.69. The number of anilines is 2. The molecule has 0 amide bonds. The average Bonchev–Trinajstić information content (AvgIpc) is 2.76. The van der Waals surface area contributed by atoms with Gasteiger partial charge < -0.3 is 15.5 Å². The van der Waals surface area contributed by atoms with Crippen molar-refractivity contribution in [2.45, 2.75) is 12.1 Å². The number of hydrogen-bond donors (Lipinski definition) is 3. The van der Waals surface area contributed by atoms with Gasteiger partial charge >= 0.3 is 0 Å². The highest BCUT2D eigenvalue weighted by Gasteiger charge is 2.21. The van der Waals surface area contributed by atoms with E-state index >= 15 is 0 Å². The SMILES string of the molecule is CCS(=O)(=O)c1nc(F)c(Cl)c(Nc2ccc(N=Nc3cc([N+](=O)[O-])ccc3O)c(O)c2)n1. The maximum absolute atomic E-state index is 14.0. The minimum atomic E-state index is -3.91. The molecule has 3 aromatic rings. The Hall–Kier alpha value is -3.91. The molecule has 3 N–H and O–H groups in total. The van der Waals surface area contributed by atoms with Crippen molar-refractivity contribution >= 4 is 50.0 Å². The third-order valence-electron chi connectivity index (χ3n) is 4.12. The summed E-state index contributed by atoms with van der Waals surface area (Å²) >= 11 is 5.82. The zero-order chi connectivity index (χ0) is 24.3. The molecule has 3 rings (SSSR count). The number of phenolic OH excluding ortho intramolecular Hbond substituents is 2. The molecule has 33 heavy (non-hydrogen) atoms. The van der Waals surface area contributed by atoms with Crippen LogP contribution in [0, 0.1) is 16.1 Å². The van der Waals surface area contributed by atoms with Gasteiger partial charge in [0.2, 0.25) is 15.8 Å². The minimum Gasteiger partial charge on any atom is -0.506 e. The van der Waals surface area contributed by atoms with E-state index < -0.39 is 36.6 Å². The van der Waals surface area contributed by atoms with Crippen LogP contribution in [0.2, 0.25) is 5.02 Å². The molecule has 0 spiro atoms. The van der Waals surface area contributed by atoms with Crippen LogP contribution in [0.15, 0.2) is 51.8 Å². The van der Waals surface area contributed by atoms with E-state index in [1.807, 2.05) is 0 Å².